The van der Waals surface area contributed by atoms with Crippen LogP contribution in [-0.2, 0) is 4.79 Å². The van der Waals surface area contributed by atoms with E-state index < -0.39 is 12.2 Å². The van der Waals surface area contributed by atoms with Crippen LogP contribution in [0, 0.1) is 0 Å². The van der Waals surface area contributed by atoms with E-state index in [4.69, 9.17) is 0 Å². The Morgan fingerprint density at radius 1 is 1.27 bits per heavy atom. The van der Waals surface area contributed by atoms with Gasteiger partial charge in [0, 0.05) is 13.5 Å². The molecule has 1 amide bonds. The van der Waals surface area contributed by atoms with Gasteiger partial charge in [-0.1, -0.05) is 24.3 Å². The van der Waals surface area contributed by atoms with Crippen molar-refractivity contribution in [1.29, 1.82) is 0 Å². The molecule has 0 aliphatic carbocycles. The Labute approximate surface area is 131 Å². The van der Waals surface area contributed by atoms with Gasteiger partial charge >= 0.3 is 0 Å². The van der Waals surface area contributed by atoms with Crippen LogP contribution in [0.15, 0.2) is 24.3 Å². The molecule has 5 nitrogen and oxygen atoms in total. The highest BCUT2D eigenvalue weighted by molar-refractivity contribution is 5.72. The first-order chi connectivity index (χ1) is 10.6. The fourth-order valence-electron chi connectivity index (χ4n) is 2.90. The lowest BCUT2D eigenvalue weighted by atomic mass is 9.89. The molecule has 2 rings (SSSR count). The van der Waals surface area contributed by atoms with Gasteiger partial charge in [-0.2, -0.15) is 0 Å². The number of hydrogen-bond donors (Lipinski definition) is 4. The topological polar surface area (TPSA) is 81.6 Å². The van der Waals surface area contributed by atoms with E-state index in [9.17, 15) is 15.0 Å². The quantitative estimate of drug-likeness (QED) is 0.634. The molecule has 4 N–H and O–H groups in total. The van der Waals surface area contributed by atoms with Gasteiger partial charge < -0.3 is 20.8 Å². The summed E-state index contributed by atoms with van der Waals surface area (Å²) in [6.07, 6.45) is 0.812. The van der Waals surface area contributed by atoms with E-state index in [0.717, 1.165) is 25.9 Å². The van der Waals surface area contributed by atoms with Gasteiger partial charge in [0.2, 0.25) is 5.91 Å². The number of aliphatic hydroxyl groups is 2. The third-order valence-electron chi connectivity index (χ3n) is 4.27. The number of rotatable bonds is 6. The van der Waals surface area contributed by atoms with Gasteiger partial charge in [-0.3, -0.25) is 4.79 Å². The Morgan fingerprint density at radius 2 is 1.91 bits per heavy atom. The minimum atomic E-state index is -0.921. The molecular weight excluding hydrogens is 280 g/mol. The predicted octanol–water partition coefficient (Wildman–Crippen LogP) is 1.07. The van der Waals surface area contributed by atoms with Crippen molar-refractivity contribution in [3.05, 3.63) is 35.4 Å². The monoisotopic (exact) mass is 306 g/mol. The second-order valence-electron chi connectivity index (χ2n) is 5.97. The van der Waals surface area contributed by atoms with E-state index in [1.807, 2.05) is 12.1 Å². The molecule has 1 aliphatic heterocycles. The fourth-order valence-corrected chi connectivity index (χ4v) is 2.90. The Bertz CT molecular complexity index is 469. The maximum Gasteiger partial charge on any atom is 0.216 e. The van der Waals surface area contributed by atoms with E-state index >= 15 is 0 Å². The van der Waals surface area contributed by atoms with Gasteiger partial charge in [0.1, 0.15) is 6.10 Å². The average Bonchev–Trinajstić information content (AvgIpc) is 2.54. The van der Waals surface area contributed by atoms with Crippen molar-refractivity contribution in [2.45, 2.75) is 44.3 Å². The number of carbonyl (C=O) groups excluding carboxylic acids is 1. The number of amides is 1. The SMILES string of the molecule is CC(=O)NCCC(O)C(O)c1ccc(C2CCNCC2)cc1. The molecule has 1 saturated heterocycles. The van der Waals surface area contributed by atoms with Crippen LogP contribution in [0.5, 0.6) is 0 Å². The molecule has 0 spiro atoms. The molecule has 2 atom stereocenters. The van der Waals surface area contributed by atoms with Crippen LogP contribution in [0.1, 0.15) is 49.3 Å². The molecule has 2 unspecified atom stereocenters. The van der Waals surface area contributed by atoms with E-state index in [0.29, 0.717) is 24.4 Å². The molecule has 0 saturated carbocycles. The van der Waals surface area contributed by atoms with Crippen LogP contribution in [-0.4, -0.2) is 41.9 Å². The van der Waals surface area contributed by atoms with Crippen molar-refractivity contribution < 1.29 is 15.0 Å². The first kappa shape index (κ1) is 16.9. The summed E-state index contributed by atoms with van der Waals surface area (Å²) in [5, 5.41) is 26.1. The zero-order valence-corrected chi connectivity index (χ0v) is 13.1. The molecule has 1 aromatic rings. The van der Waals surface area contributed by atoms with E-state index in [-0.39, 0.29) is 5.91 Å². The highest BCUT2D eigenvalue weighted by Gasteiger charge is 2.19. The molecule has 1 aliphatic rings. The first-order valence-electron chi connectivity index (χ1n) is 7.99. The van der Waals surface area contributed by atoms with Gasteiger partial charge in [0.25, 0.3) is 0 Å². The average molecular weight is 306 g/mol. The normalized spacial score (nSPS) is 18.7. The Morgan fingerprint density at radius 3 is 2.50 bits per heavy atom. The summed E-state index contributed by atoms with van der Waals surface area (Å²) >= 11 is 0. The molecule has 22 heavy (non-hydrogen) atoms. The summed E-state index contributed by atoms with van der Waals surface area (Å²) in [5.74, 6) is 0.449. The van der Waals surface area contributed by atoms with Gasteiger partial charge in [-0.25, -0.2) is 0 Å². The minimum absolute atomic E-state index is 0.131. The molecule has 0 aromatic heterocycles. The van der Waals surface area contributed by atoms with Gasteiger partial charge in [0.05, 0.1) is 6.10 Å². The minimum Gasteiger partial charge on any atom is -0.390 e. The number of piperidine rings is 1. The highest BCUT2D eigenvalue weighted by atomic mass is 16.3. The van der Waals surface area contributed by atoms with E-state index in [1.165, 1.54) is 12.5 Å². The smallest absolute Gasteiger partial charge is 0.216 e. The number of aliphatic hydroxyl groups excluding tert-OH is 2. The largest absolute Gasteiger partial charge is 0.390 e. The molecule has 0 bridgehead atoms. The third-order valence-corrected chi connectivity index (χ3v) is 4.27. The van der Waals surface area contributed by atoms with Crippen molar-refractivity contribution in [3.8, 4) is 0 Å². The zero-order valence-electron chi connectivity index (χ0n) is 13.1. The van der Waals surface area contributed by atoms with Crippen LogP contribution >= 0.6 is 0 Å². The van der Waals surface area contributed by atoms with E-state index in [1.54, 1.807) is 0 Å². The van der Waals surface area contributed by atoms with Crippen molar-refractivity contribution in [2.75, 3.05) is 19.6 Å². The lowest BCUT2D eigenvalue weighted by Gasteiger charge is -2.24. The van der Waals surface area contributed by atoms with Gasteiger partial charge in [-0.15, -0.1) is 0 Å². The summed E-state index contributed by atoms with van der Waals surface area (Å²) in [7, 11) is 0. The third kappa shape index (κ3) is 4.80. The van der Waals surface area contributed by atoms with Crippen molar-refractivity contribution >= 4 is 5.91 Å². The maximum absolute atomic E-state index is 10.8. The number of hydrogen-bond acceptors (Lipinski definition) is 4. The second-order valence-corrected chi connectivity index (χ2v) is 5.97. The molecule has 5 heteroatoms. The fraction of sp³-hybridized carbons (Fsp3) is 0.588. The number of nitrogens with one attached hydrogen (secondary N) is 2. The molecule has 1 fully saturated rings. The summed E-state index contributed by atoms with van der Waals surface area (Å²) in [6.45, 7) is 3.90. The van der Waals surface area contributed by atoms with Crippen LogP contribution in [0.3, 0.4) is 0 Å². The maximum atomic E-state index is 10.8. The Hall–Kier alpha value is -1.43. The van der Waals surface area contributed by atoms with Gasteiger partial charge in [0.15, 0.2) is 0 Å². The Kier molecular flexibility index (Phi) is 6.36. The molecule has 0 radical (unpaired) electrons. The molecule has 1 aromatic carbocycles. The molecule has 122 valence electrons. The summed E-state index contributed by atoms with van der Waals surface area (Å²) in [5.41, 5.74) is 2.01. The summed E-state index contributed by atoms with van der Waals surface area (Å²) < 4.78 is 0. The zero-order chi connectivity index (χ0) is 15.9. The standard InChI is InChI=1S/C17H26N2O3/c1-12(20)19-11-8-16(21)17(22)15-4-2-13(3-5-15)14-6-9-18-10-7-14/h2-5,14,16-18,21-22H,6-11H2,1H3,(H,19,20). The molecular formula is C17H26N2O3. The van der Waals surface area contributed by atoms with Crippen molar-refractivity contribution in [1.82, 2.24) is 10.6 Å². The van der Waals surface area contributed by atoms with Crippen LogP contribution in [0.25, 0.3) is 0 Å². The first-order valence-corrected chi connectivity index (χ1v) is 7.99. The van der Waals surface area contributed by atoms with Crippen LogP contribution in [0.2, 0.25) is 0 Å². The van der Waals surface area contributed by atoms with Crippen molar-refractivity contribution in [2.24, 2.45) is 0 Å². The predicted molar refractivity (Wildman–Crippen MR) is 85.6 cm³/mol. The lowest BCUT2D eigenvalue weighted by Crippen LogP contribution is -2.28. The lowest BCUT2D eigenvalue weighted by molar-refractivity contribution is -0.119. The summed E-state index contributed by atoms with van der Waals surface area (Å²) in [4.78, 5) is 10.8. The second kappa shape index (κ2) is 8.27. The van der Waals surface area contributed by atoms with Gasteiger partial charge in [-0.05, 0) is 49.4 Å². The number of benzene rings is 1. The van der Waals surface area contributed by atoms with Crippen LogP contribution in [0.4, 0.5) is 0 Å². The Balaban J connectivity index is 1.89. The van der Waals surface area contributed by atoms with Crippen molar-refractivity contribution in [3.63, 3.8) is 0 Å². The van der Waals surface area contributed by atoms with E-state index in [2.05, 4.69) is 22.8 Å². The number of carbonyl (C=O) groups is 1. The van der Waals surface area contributed by atoms with Crippen LogP contribution < -0.4 is 10.6 Å². The summed E-state index contributed by atoms with van der Waals surface area (Å²) in [6, 6.07) is 7.89. The highest BCUT2D eigenvalue weighted by Crippen LogP contribution is 2.27. The molecule has 1 heterocycles.